The molecule has 1 unspecified atom stereocenters. The van der Waals surface area contributed by atoms with E-state index in [1.165, 1.54) is 0 Å². The highest BCUT2D eigenvalue weighted by Gasteiger charge is 2.24. The van der Waals surface area contributed by atoms with Gasteiger partial charge in [0.2, 0.25) is 0 Å². The van der Waals surface area contributed by atoms with Crippen molar-refractivity contribution in [1.82, 2.24) is 9.88 Å². The molecule has 1 N–H and O–H groups in total. The lowest BCUT2D eigenvalue weighted by Gasteiger charge is -2.28. The Hall–Kier alpha value is -2.85. The maximum absolute atomic E-state index is 12.7. The van der Waals surface area contributed by atoms with Gasteiger partial charge in [0.25, 0.3) is 0 Å². The number of rotatable bonds is 4. The minimum Gasteiger partial charge on any atom is -0.315 e. The number of hydrogen-bond acceptors (Lipinski definition) is 2. The summed E-state index contributed by atoms with van der Waals surface area (Å²) >= 11 is 5.89. The quantitative estimate of drug-likeness (QED) is 0.719. The highest BCUT2D eigenvalue weighted by Crippen LogP contribution is 2.26. The molecule has 0 aliphatic carbocycles. The molecule has 0 saturated carbocycles. The zero-order valence-electron chi connectivity index (χ0n) is 13.8. The van der Waals surface area contributed by atoms with Gasteiger partial charge in [-0.15, -0.1) is 0 Å². The molecule has 2 amide bonds. The van der Waals surface area contributed by atoms with E-state index in [1.807, 2.05) is 48.5 Å². The first-order chi connectivity index (χ1) is 12.1. The van der Waals surface area contributed by atoms with Gasteiger partial charge in [-0.2, -0.15) is 0 Å². The number of nitrogens with one attached hydrogen (secondary N) is 1. The standard InChI is InChI=1S/C20H18ClN3O/c1-24(20(25)23-17-12-10-16(21)11-13-17)19(15-7-3-2-4-8-15)18-9-5-6-14-22-18/h2-14,19H,1H3,(H,23,25). The van der Waals surface area contributed by atoms with E-state index in [2.05, 4.69) is 10.3 Å². The smallest absolute Gasteiger partial charge is 0.315 e. The normalized spacial score (nSPS) is 11.6. The van der Waals surface area contributed by atoms with Crippen LogP contribution in [0.2, 0.25) is 5.02 Å². The molecular formula is C20H18ClN3O. The summed E-state index contributed by atoms with van der Waals surface area (Å²) in [6.07, 6.45) is 1.73. The lowest BCUT2D eigenvalue weighted by molar-refractivity contribution is 0.211. The van der Waals surface area contributed by atoms with Crippen molar-refractivity contribution in [2.75, 3.05) is 12.4 Å². The van der Waals surface area contributed by atoms with E-state index >= 15 is 0 Å². The van der Waals surface area contributed by atoms with Crippen LogP contribution in [0.25, 0.3) is 0 Å². The molecule has 0 aliphatic rings. The van der Waals surface area contributed by atoms with E-state index in [0.29, 0.717) is 10.7 Å². The number of benzene rings is 2. The lowest BCUT2D eigenvalue weighted by atomic mass is 10.0. The molecule has 0 fully saturated rings. The van der Waals surface area contributed by atoms with Gasteiger partial charge < -0.3 is 10.2 Å². The van der Waals surface area contributed by atoms with Gasteiger partial charge >= 0.3 is 6.03 Å². The van der Waals surface area contributed by atoms with Crippen molar-refractivity contribution in [2.45, 2.75) is 6.04 Å². The van der Waals surface area contributed by atoms with E-state index in [-0.39, 0.29) is 12.1 Å². The number of anilines is 1. The maximum atomic E-state index is 12.7. The Labute approximate surface area is 152 Å². The van der Waals surface area contributed by atoms with E-state index in [1.54, 1.807) is 42.4 Å². The topological polar surface area (TPSA) is 45.2 Å². The fourth-order valence-corrected chi connectivity index (χ4v) is 2.75. The molecular weight excluding hydrogens is 334 g/mol. The number of carbonyl (C=O) groups is 1. The third-order valence-corrected chi connectivity index (χ3v) is 4.14. The predicted octanol–water partition coefficient (Wildman–Crippen LogP) is 4.99. The van der Waals surface area contributed by atoms with Crippen molar-refractivity contribution < 1.29 is 4.79 Å². The van der Waals surface area contributed by atoms with Crippen LogP contribution in [0, 0.1) is 0 Å². The van der Waals surface area contributed by atoms with Gasteiger partial charge in [-0.25, -0.2) is 4.79 Å². The molecule has 2 aromatic carbocycles. The van der Waals surface area contributed by atoms with Crippen molar-refractivity contribution in [3.63, 3.8) is 0 Å². The summed E-state index contributed by atoms with van der Waals surface area (Å²) in [5.41, 5.74) is 2.49. The first-order valence-corrected chi connectivity index (χ1v) is 8.28. The van der Waals surface area contributed by atoms with Crippen LogP contribution in [0.4, 0.5) is 10.5 Å². The van der Waals surface area contributed by atoms with Gasteiger partial charge in [-0.3, -0.25) is 4.98 Å². The fraction of sp³-hybridized carbons (Fsp3) is 0.100. The van der Waals surface area contributed by atoms with Gasteiger partial charge in [0.05, 0.1) is 5.69 Å². The maximum Gasteiger partial charge on any atom is 0.322 e. The molecule has 126 valence electrons. The Morgan fingerprint density at radius 3 is 2.32 bits per heavy atom. The Bertz CT molecular complexity index is 783. The van der Waals surface area contributed by atoms with Crippen LogP contribution in [-0.2, 0) is 0 Å². The molecule has 1 heterocycles. The Morgan fingerprint density at radius 1 is 1.00 bits per heavy atom. The highest BCUT2D eigenvalue weighted by molar-refractivity contribution is 6.30. The number of urea groups is 1. The van der Waals surface area contributed by atoms with Crippen molar-refractivity contribution in [3.05, 3.63) is 95.3 Å². The van der Waals surface area contributed by atoms with Crippen LogP contribution in [-0.4, -0.2) is 23.0 Å². The van der Waals surface area contributed by atoms with E-state index in [4.69, 9.17) is 11.6 Å². The van der Waals surface area contributed by atoms with Gasteiger partial charge in [0.15, 0.2) is 0 Å². The fourth-order valence-electron chi connectivity index (χ4n) is 2.63. The molecule has 3 rings (SSSR count). The Balaban J connectivity index is 1.87. The summed E-state index contributed by atoms with van der Waals surface area (Å²) in [7, 11) is 1.76. The van der Waals surface area contributed by atoms with Gasteiger partial charge in [0.1, 0.15) is 6.04 Å². The van der Waals surface area contributed by atoms with Gasteiger partial charge in [-0.05, 0) is 42.0 Å². The largest absolute Gasteiger partial charge is 0.322 e. The molecule has 4 nitrogen and oxygen atoms in total. The van der Waals surface area contributed by atoms with Gasteiger partial charge in [0, 0.05) is 24.0 Å². The summed E-state index contributed by atoms with van der Waals surface area (Å²) in [6.45, 7) is 0. The Kier molecular flexibility index (Phi) is 5.31. The predicted molar refractivity (Wildman–Crippen MR) is 101 cm³/mol. The number of carbonyl (C=O) groups excluding carboxylic acids is 1. The minimum absolute atomic E-state index is 0.221. The van der Waals surface area contributed by atoms with Crippen molar-refractivity contribution >= 4 is 23.3 Å². The molecule has 25 heavy (non-hydrogen) atoms. The molecule has 0 radical (unpaired) electrons. The summed E-state index contributed by atoms with van der Waals surface area (Å²) in [5.74, 6) is 0. The molecule has 0 saturated heterocycles. The van der Waals surface area contributed by atoms with E-state index < -0.39 is 0 Å². The molecule has 0 spiro atoms. The monoisotopic (exact) mass is 351 g/mol. The molecule has 0 bridgehead atoms. The van der Waals surface area contributed by atoms with Crippen molar-refractivity contribution in [2.24, 2.45) is 0 Å². The number of pyridine rings is 1. The average molecular weight is 352 g/mol. The summed E-state index contributed by atoms with van der Waals surface area (Å²) in [5, 5.41) is 3.52. The average Bonchev–Trinajstić information content (AvgIpc) is 2.65. The second-order valence-electron chi connectivity index (χ2n) is 5.62. The second-order valence-corrected chi connectivity index (χ2v) is 6.05. The molecule has 3 aromatic rings. The lowest BCUT2D eigenvalue weighted by Crippen LogP contribution is -2.35. The summed E-state index contributed by atoms with van der Waals surface area (Å²) in [4.78, 5) is 18.8. The first-order valence-electron chi connectivity index (χ1n) is 7.90. The van der Waals surface area contributed by atoms with Crippen molar-refractivity contribution in [1.29, 1.82) is 0 Å². The van der Waals surface area contributed by atoms with Crippen LogP contribution < -0.4 is 5.32 Å². The van der Waals surface area contributed by atoms with E-state index in [9.17, 15) is 4.79 Å². The zero-order chi connectivity index (χ0) is 17.6. The summed E-state index contributed by atoms with van der Waals surface area (Å²) in [6, 6.07) is 22.1. The number of amides is 2. The number of hydrogen-bond donors (Lipinski definition) is 1. The SMILES string of the molecule is CN(C(=O)Nc1ccc(Cl)cc1)C(c1ccccc1)c1ccccn1. The van der Waals surface area contributed by atoms with Gasteiger partial charge in [-0.1, -0.05) is 48.0 Å². The van der Waals surface area contributed by atoms with Crippen molar-refractivity contribution in [3.8, 4) is 0 Å². The van der Waals surface area contributed by atoms with Crippen LogP contribution in [0.5, 0.6) is 0 Å². The minimum atomic E-state index is -0.283. The first kappa shape index (κ1) is 17.0. The number of nitrogens with zero attached hydrogens (tertiary/aromatic N) is 2. The highest BCUT2D eigenvalue weighted by atomic mass is 35.5. The van der Waals surface area contributed by atoms with Crippen LogP contribution in [0.3, 0.4) is 0 Å². The number of halogens is 1. The van der Waals surface area contributed by atoms with Crippen LogP contribution >= 0.6 is 11.6 Å². The molecule has 1 atom stereocenters. The third-order valence-electron chi connectivity index (χ3n) is 3.89. The molecule has 5 heteroatoms. The van der Waals surface area contributed by atoms with E-state index in [0.717, 1.165) is 11.3 Å². The molecule has 0 aliphatic heterocycles. The summed E-state index contributed by atoms with van der Waals surface area (Å²) < 4.78 is 0. The molecule has 1 aromatic heterocycles. The second kappa shape index (κ2) is 7.81. The third kappa shape index (κ3) is 4.17. The number of aromatic nitrogens is 1. The zero-order valence-corrected chi connectivity index (χ0v) is 14.5. The Morgan fingerprint density at radius 2 is 1.68 bits per heavy atom. The van der Waals surface area contributed by atoms with Crippen LogP contribution in [0.15, 0.2) is 79.0 Å². The van der Waals surface area contributed by atoms with Crippen LogP contribution in [0.1, 0.15) is 17.3 Å².